The van der Waals surface area contributed by atoms with Crippen molar-refractivity contribution >= 4 is 17.4 Å². The molecule has 0 amide bonds. The number of halogens is 1. The highest BCUT2D eigenvalue weighted by Crippen LogP contribution is 2.18. The normalized spacial score (nSPS) is 10.5. The lowest BCUT2D eigenvalue weighted by Crippen LogP contribution is -2.22. The summed E-state index contributed by atoms with van der Waals surface area (Å²) < 4.78 is 0. The van der Waals surface area contributed by atoms with Crippen LogP contribution in [0.3, 0.4) is 0 Å². The summed E-state index contributed by atoms with van der Waals surface area (Å²) in [7, 11) is 2.01. The first kappa shape index (κ1) is 13.8. The van der Waals surface area contributed by atoms with Crippen LogP contribution in [-0.4, -0.2) is 23.6 Å². The molecule has 0 aliphatic rings. The lowest BCUT2D eigenvalue weighted by atomic mass is 10.2. The second kappa shape index (κ2) is 6.50. The molecule has 5 heteroatoms. The molecule has 0 aliphatic carbocycles. The van der Waals surface area contributed by atoms with Crippen molar-refractivity contribution in [3.05, 3.63) is 52.9 Å². The lowest BCUT2D eigenvalue weighted by molar-refractivity contribution is 0.847. The second-order valence-electron chi connectivity index (χ2n) is 4.33. The van der Waals surface area contributed by atoms with Crippen LogP contribution in [0.4, 0.5) is 5.82 Å². The third-order valence-corrected chi connectivity index (χ3v) is 3.32. The summed E-state index contributed by atoms with van der Waals surface area (Å²) in [6, 6.07) is 7.80. The van der Waals surface area contributed by atoms with Gasteiger partial charge in [-0.05, 0) is 36.2 Å². The van der Waals surface area contributed by atoms with Crippen molar-refractivity contribution in [2.75, 3.05) is 18.5 Å². The number of anilines is 1. The Balaban J connectivity index is 2.02. The number of nitrogens with zero attached hydrogens (tertiary/aromatic N) is 3. The number of rotatable bonds is 5. The fourth-order valence-corrected chi connectivity index (χ4v) is 1.97. The molecule has 0 radical (unpaired) electrons. The Morgan fingerprint density at radius 3 is 2.63 bits per heavy atom. The van der Waals surface area contributed by atoms with E-state index in [9.17, 15) is 0 Å². The predicted molar refractivity (Wildman–Crippen MR) is 78.3 cm³/mol. The van der Waals surface area contributed by atoms with Gasteiger partial charge in [-0.3, -0.25) is 4.98 Å². The van der Waals surface area contributed by atoms with Crippen LogP contribution in [0.1, 0.15) is 11.3 Å². The number of nitrogens with two attached hydrogens (primary N) is 1. The smallest absolute Gasteiger partial charge is 0.128 e. The van der Waals surface area contributed by atoms with E-state index < -0.39 is 0 Å². The molecule has 19 heavy (non-hydrogen) atoms. The zero-order valence-electron chi connectivity index (χ0n) is 10.9. The molecular formula is C14H17ClN4. The maximum Gasteiger partial charge on any atom is 0.128 e. The minimum absolute atomic E-state index is 0.352. The summed E-state index contributed by atoms with van der Waals surface area (Å²) in [4.78, 5) is 10.6. The van der Waals surface area contributed by atoms with Crippen LogP contribution in [0, 0.1) is 0 Å². The topological polar surface area (TPSA) is 55.0 Å². The van der Waals surface area contributed by atoms with Crippen LogP contribution in [-0.2, 0) is 13.0 Å². The molecule has 0 spiro atoms. The van der Waals surface area contributed by atoms with Crippen LogP contribution in [0.2, 0.25) is 5.02 Å². The zero-order valence-corrected chi connectivity index (χ0v) is 11.6. The van der Waals surface area contributed by atoms with E-state index in [0.717, 1.165) is 24.5 Å². The van der Waals surface area contributed by atoms with Crippen LogP contribution in [0.15, 0.2) is 36.7 Å². The molecule has 0 atom stereocenters. The van der Waals surface area contributed by atoms with Crippen molar-refractivity contribution in [1.29, 1.82) is 0 Å². The molecule has 2 heterocycles. The molecule has 100 valence electrons. The monoisotopic (exact) mass is 276 g/mol. The highest BCUT2D eigenvalue weighted by Gasteiger charge is 2.06. The maximum absolute atomic E-state index is 6.01. The molecular weight excluding hydrogens is 260 g/mol. The van der Waals surface area contributed by atoms with Crippen molar-refractivity contribution in [2.45, 2.75) is 13.0 Å². The summed E-state index contributed by atoms with van der Waals surface area (Å²) >= 11 is 6.01. The van der Waals surface area contributed by atoms with E-state index in [4.69, 9.17) is 17.3 Å². The minimum atomic E-state index is 0.352. The van der Waals surface area contributed by atoms with Crippen molar-refractivity contribution in [1.82, 2.24) is 9.97 Å². The summed E-state index contributed by atoms with van der Waals surface area (Å²) in [5.74, 6) is 0.888. The van der Waals surface area contributed by atoms with Gasteiger partial charge in [0.25, 0.3) is 0 Å². The zero-order chi connectivity index (χ0) is 13.7. The fraction of sp³-hybridized carbons (Fsp3) is 0.286. The average molecular weight is 277 g/mol. The van der Waals surface area contributed by atoms with Gasteiger partial charge in [-0.2, -0.15) is 0 Å². The van der Waals surface area contributed by atoms with E-state index in [0.29, 0.717) is 11.6 Å². The van der Waals surface area contributed by atoms with Gasteiger partial charge in [-0.1, -0.05) is 11.6 Å². The number of pyridine rings is 2. The number of likely N-dealkylation sites (N-methyl/N-ethyl adjacent to an activating group) is 1. The summed E-state index contributed by atoms with van der Waals surface area (Å²) in [6.07, 6.45) is 4.56. The second-order valence-corrected chi connectivity index (χ2v) is 4.74. The first-order chi connectivity index (χ1) is 9.20. The van der Waals surface area contributed by atoms with Crippen LogP contribution >= 0.6 is 11.6 Å². The van der Waals surface area contributed by atoms with E-state index in [2.05, 4.69) is 14.9 Å². The molecule has 0 saturated carbocycles. The third kappa shape index (κ3) is 3.66. The highest BCUT2D eigenvalue weighted by atomic mass is 35.5. The van der Waals surface area contributed by atoms with E-state index in [-0.39, 0.29) is 0 Å². The molecule has 0 aliphatic heterocycles. The van der Waals surface area contributed by atoms with Gasteiger partial charge in [0.2, 0.25) is 0 Å². The Morgan fingerprint density at radius 1 is 1.21 bits per heavy atom. The van der Waals surface area contributed by atoms with Crippen molar-refractivity contribution in [3.63, 3.8) is 0 Å². The summed E-state index contributed by atoms with van der Waals surface area (Å²) in [6.45, 7) is 1.23. The molecule has 2 aromatic heterocycles. The first-order valence-corrected chi connectivity index (χ1v) is 6.54. The van der Waals surface area contributed by atoms with Crippen molar-refractivity contribution in [3.8, 4) is 0 Å². The van der Waals surface area contributed by atoms with E-state index >= 15 is 0 Å². The van der Waals surface area contributed by atoms with Gasteiger partial charge < -0.3 is 10.6 Å². The van der Waals surface area contributed by atoms with Gasteiger partial charge in [0, 0.05) is 32.5 Å². The Labute approximate surface area is 118 Å². The Hall–Kier alpha value is -1.65. The van der Waals surface area contributed by atoms with Gasteiger partial charge in [0.05, 0.1) is 10.7 Å². The Bertz CT molecular complexity index is 530. The van der Waals surface area contributed by atoms with Crippen molar-refractivity contribution < 1.29 is 0 Å². The molecule has 0 aromatic carbocycles. The number of aromatic nitrogens is 2. The largest absolute Gasteiger partial charge is 0.359 e. The lowest BCUT2D eigenvalue weighted by Gasteiger charge is -2.19. The standard InChI is InChI=1S/C14H17ClN4/c1-19(9-6-11-4-7-17-8-5-11)14-3-2-12(15)13(10-16)18-14/h2-5,7-8H,6,9-10,16H2,1H3. The van der Waals surface area contributed by atoms with E-state index in [1.54, 1.807) is 0 Å². The third-order valence-electron chi connectivity index (χ3n) is 2.97. The van der Waals surface area contributed by atoms with Gasteiger partial charge in [-0.25, -0.2) is 4.98 Å². The van der Waals surface area contributed by atoms with Crippen LogP contribution in [0.5, 0.6) is 0 Å². The molecule has 2 rings (SSSR count). The molecule has 2 N–H and O–H groups in total. The van der Waals surface area contributed by atoms with Crippen LogP contribution < -0.4 is 10.6 Å². The van der Waals surface area contributed by atoms with E-state index in [1.165, 1.54) is 5.56 Å². The summed E-state index contributed by atoms with van der Waals surface area (Å²) in [5.41, 5.74) is 7.60. The number of hydrogen-bond acceptors (Lipinski definition) is 4. The Kier molecular flexibility index (Phi) is 4.71. The Morgan fingerprint density at radius 2 is 1.95 bits per heavy atom. The molecule has 0 saturated heterocycles. The molecule has 2 aromatic rings. The minimum Gasteiger partial charge on any atom is -0.359 e. The SMILES string of the molecule is CN(CCc1ccncc1)c1ccc(Cl)c(CN)n1. The average Bonchev–Trinajstić information content (AvgIpc) is 2.46. The fourth-order valence-electron chi connectivity index (χ4n) is 1.79. The first-order valence-electron chi connectivity index (χ1n) is 6.16. The predicted octanol–water partition coefficient (Wildman–Crippen LogP) is 2.27. The highest BCUT2D eigenvalue weighted by molar-refractivity contribution is 6.31. The molecule has 0 fully saturated rings. The van der Waals surface area contributed by atoms with Gasteiger partial charge in [0.15, 0.2) is 0 Å². The summed E-state index contributed by atoms with van der Waals surface area (Å²) in [5, 5.41) is 0.619. The quantitative estimate of drug-likeness (QED) is 0.910. The van der Waals surface area contributed by atoms with Gasteiger partial charge >= 0.3 is 0 Å². The molecule has 4 nitrogen and oxygen atoms in total. The van der Waals surface area contributed by atoms with Gasteiger partial charge in [-0.15, -0.1) is 0 Å². The van der Waals surface area contributed by atoms with E-state index in [1.807, 2.05) is 43.7 Å². The molecule has 0 bridgehead atoms. The van der Waals surface area contributed by atoms with Crippen molar-refractivity contribution in [2.24, 2.45) is 5.73 Å². The maximum atomic E-state index is 6.01. The van der Waals surface area contributed by atoms with Crippen LogP contribution in [0.25, 0.3) is 0 Å². The van der Waals surface area contributed by atoms with Gasteiger partial charge in [0.1, 0.15) is 5.82 Å². The molecule has 0 unspecified atom stereocenters. The number of hydrogen-bond donors (Lipinski definition) is 1.